The summed E-state index contributed by atoms with van der Waals surface area (Å²) in [6.45, 7) is 4.58. The lowest BCUT2D eigenvalue weighted by Crippen LogP contribution is -2.50. The van der Waals surface area contributed by atoms with E-state index < -0.39 is 12.0 Å². The summed E-state index contributed by atoms with van der Waals surface area (Å²) in [6.07, 6.45) is -0.828. The van der Waals surface area contributed by atoms with Crippen LogP contribution in [0.3, 0.4) is 0 Å². The summed E-state index contributed by atoms with van der Waals surface area (Å²) in [5, 5.41) is 0. The zero-order valence-corrected chi connectivity index (χ0v) is 15.4. The molecule has 1 atom stereocenters. The quantitative estimate of drug-likeness (QED) is 0.837. The Morgan fingerprint density at radius 3 is 2.41 bits per heavy atom. The molecule has 2 amide bonds. The van der Waals surface area contributed by atoms with Crippen molar-refractivity contribution >= 4 is 17.6 Å². The van der Waals surface area contributed by atoms with Crippen LogP contribution in [0.25, 0.3) is 0 Å². The highest BCUT2D eigenvalue weighted by atomic mass is 16.5. The molecule has 3 rings (SSSR count). The number of hydrogen-bond acceptors (Lipinski definition) is 4. The van der Waals surface area contributed by atoms with Gasteiger partial charge in [0.05, 0.1) is 18.7 Å². The molecule has 0 saturated carbocycles. The van der Waals surface area contributed by atoms with E-state index in [9.17, 15) is 14.4 Å². The molecule has 2 N–H and O–H groups in total. The molecular formula is C21H22N2O4. The first-order valence-electron chi connectivity index (χ1n) is 8.79. The lowest BCUT2D eigenvalue weighted by atomic mass is 9.95. The van der Waals surface area contributed by atoms with E-state index in [4.69, 9.17) is 10.5 Å². The SMILES string of the molecule is Cc1ccc(C(=O)c2ccccc2C(=O)N2CCOC(C(N)=O)C2)cc1C. The van der Waals surface area contributed by atoms with Crippen molar-refractivity contribution < 1.29 is 19.1 Å². The highest BCUT2D eigenvalue weighted by molar-refractivity contribution is 6.15. The largest absolute Gasteiger partial charge is 0.367 e. The van der Waals surface area contributed by atoms with Gasteiger partial charge in [0.1, 0.15) is 0 Å². The Labute approximate surface area is 157 Å². The molecular weight excluding hydrogens is 344 g/mol. The Balaban J connectivity index is 1.91. The zero-order valence-electron chi connectivity index (χ0n) is 15.4. The van der Waals surface area contributed by atoms with Crippen LogP contribution in [0.15, 0.2) is 42.5 Å². The molecule has 1 unspecified atom stereocenters. The van der Waals surface area contributed by atoms with Crippen LogP contribution in [0.4, 0.5) is 0 Å². The number of benzene rings is 2. The van der Waals surface area contributed by atoms with Crippen molar-refractivity contribution in [1.29, 1.82) is 0 Å². The number of rotatable bonds is 4. The number of morpholine rings is 1. The van der Waals surface area contributed by atoms with Gasteiger partial charge < -0.3 is 15.4 Å². The number of nitrogens with two attached hydrogens (primary N) is 1. The second kappa shape index (κ2) is 7.72. The molecule has 1 aliphatic rings. The van der Waals surface area contributed by atoms with E-state index in [0.717, 1.165) is 11.1 Å². The minimum atomic E-state index is -0.828. The van der Waals surface area contributed by atoms with Gasteiger partial charge in [0.25, 0.3) is 5.91 Å². The molecule has 0 aromatic heterocycles. The predicted octanol–water partition coefficient (Wildman–Crippen LogP) is 1.86. The van der Waals surface area contributed by atoms with Crippen LogP contribution in [0.5, 0.6) is 0 Å². The summed E-state index contributed by atoms with van der Waals surface area (Å²) in [7, 11) is 0. The number of carbonyl (C=O) groups is 3. The third-order valence-corrected chi connectivity index (χ3v) is 4.84. The van der Waals surface area contributed by atoms with Gasteiger partial charge in [-0.1, -0.05) is 30.3 Å². The van der Waals surface area contributed by atoms with Crippen molar-refractivity contribution in [3.8, 4) is 0 Å². The standard InChI is InChI=1S/C21H22N2O4/c1-13-7-8-15(11-14(13)2)19(24)16-5-3-4-6-17(16)21(26)23-9-10-27-18(12-23)20(22)25/h3-8,11,18H,9-10,12H2,1-2H3,(H2,22,25). The Hall–Kier alpha value is -2.99. The third-order valence-electron chi connectivity index (χ3n) is 4.84. The highest BCUT2D eigenvalue weighted by Crippen LogP contribution is 2.20. The topological polar surface area (TPSA) is 89.7 Å². The molecule has 1 aliphatic heterocycles. The summed E-state index contributed by atoms with van der Waals surface area (Å²) in [5.41, 5.74) is 8.60. The fourth-order valence-corrected chi connectivity index (χ4v) is 3.08. The fourth-order valence-electron chi connectivity index (χ4n) is 3.08. The fraction of sp³-hybridized carbons (Fsp3) is 0.286. The van der Waals surface area contributed by atoms with Crippen molar-refractivity contribution in [2.45, 2.75) is 20.0 Å². The predicted molar refractivity (Wildman–Crippen MR) is 101 cm³/mol. The number of amides is 2. The molecule has 0 radical (unpaired) electrons. The first-order chi connectivity index (χ1) is 12.9. The van der Waals surface area contributed by atoms with E-state index in [1.807, 2.05) is 26.0 Å². The molecule has 0 spiro atoms. The third kappa shape index (κ3) is 3.90. The molecule has 0 aliphatic carbocycles. The lowest BCUT2D eigenvalue weighted by Gasteiger charge is -2.31. The molecule has 6 heteroatoms. The van der Waals surface area contributed by atoms with Gasteiger partial charge in [0, 0.05) is 17.7 Å². The van der Waals surface area contributed by atoms with Crippen LogP contribution >= 0.6 is 0 Å². The summed E-state index contributed by atoms with van der Waals surface area (Å²) < 4.78 is 5.29. The number of hydrogen-bond donors (Lipinski definition) is 1. The van der Waals surface area contributed by atoms with Gasteiger partial charge in [-0.3, -0.25) is 14.4 Å². The molecule has 27 heavy (non-hydrogen) atoms. The summed E-state index contributed by atoms with van der Waals surface area (Å²) in [5.74, 6) is -1.12. The van der Waals surface area contributed by atoms with E-state index in [0.29, 0.717) is 23.2 Å². The monoisotopic (exact) mass is 366 g/mol. The first-order valence-corrected chi connectivity index (χ1v) is 8.79. The molecule has 0 bridgehead atoms. The molecule has 1 saturated heterocycles. The first kappa shape index (κ1) is 18.8. The molecule has 6 nitrogen and oxygen atoms in total. The van der Waals surface area contributed by atoms with Crippen LogP contribution in [0, 0.1) is 13.8 Å². The smallest absolute Gasteiger partial charge is 0.254 e. The van der Waals surface area contributed by atoms with Gasteiger partial charge in [0.15, 0.2) is 11.9 Å². The lowest BCUT2D eigenvalue weighted by molar-refractivity contribution is -0.133. The van der Waals surface area contributed by atoms with E-state index in [2.05, 4.69) is 0 Å². The van der Waals surface area contributed by atoms with Crippen LogP contribution in [-0.4, -0.2) is 48.3 Å². The minimum Gasteiger partial charge on any atom is -0.367 e. The van der Waals surface area contributed by atoms with Crippen molar-refractivity contribution in [3.05, 3.63) is 70.3 Å². The van der Waals surface area contributed by atoms with Crippen molar-refractivity contribution in [2.24, 2.45) is 5.73 Å². The molecule has 2 aromatic rings. The Bertz CT molecular complexity index is 907. The van der Waals surface area contributed by atoms with Crippen LogP contribution < -0.4 is 5.73 Å². The number of nitrogens with zero attached hydrogens (tertiary/aromatic N) is 1. The van der Waals surface area contributed by atoms with Gasteiger partial charge in [-0.25, -0.2) is 0 Å². The van der Waals surface area contributed by atoms with Crippen molar-refractivity contribution in [3.63, 3.8) is 0 Å². The second-order valence-electron chi connectivity index (χ2n) is 6.69. The Morgan fingerprint density at radius 1 is 1.04 bits per heavy atom. The van der Waals surface area contributed by atoms with E-state index in [-0.39, 0.29) is 24.8 Å². The Kier molecular flexibility index (Phi) is 5.37. The normalized spacial score (nSPS) is 16.8. The molecule has 140 valence electrons. The van der Waals surface area contributed by atoms with Crippen LogP contribution in [0.2, 0.25) is 0 Å². The van der Waals surface area contributed by atoms with Gasteiger partial charge in [-0.15, -0.1) is 0 Å². The second-order valence-corrected chi connectivity index (χ2v) is 6.69. The van der Waals surface area contributed by atoms with Crippen LogP contribution in [-0.2, 0) is 9.53 Å². The summed E-state index contributed by atoms with van der Waals surface area (Å²) >= 11 is 0. The van der Waals surface area contributed by atoms with Crippen molar-refractivity contribution in [2.75, 3.05) is 19.7 Å². The molecule has 1 heterocycles. The zero-order chi connectivity index (χ0) is 19.6. The van der Waals surface area contributed by atoms with E-state index in [1.54, 1.807) is 30.3 Å². The van der Waals surface area contributed by atoms with Gasteiger partial charge >= 0.3 is 0 Å². The number of carbonyl (C=O) groups excluding carboxylic acids is 3. The Morgan fingerprint density at radius 2 is 1.74 bits per heavy atom. The van der Waals surface area contributed by atoms with Gasteiger partial charge in [-0.2, -0.15) is 0 Å². The number of ether oxygens (including phenoxy) is 1. The minimum absolute atomic E-state index is 0.0837. The molecule has 1 fully saturated rings. The number of primary amides is 1. The maximum absolute atomic E-state index is 13.0. The van der Waals surface area contributed by atoms with E-state index >= 15 is 0 Å². The summed E-state index contributed by atoms with van der Waals surface area (Å²) in [6, 6.07) is 12.2. The number of aryl methyl sites for hydroxylation is 2. The highest BCUT2D eigenvalue weighted by Gasteiger charge is 2.30. The average Bonchev–Trinajstić information content (AvgIpc) is 2.69. The maximum atomic E-state index is 13.0. The average molecular weight is 366 g/mol. The summed E-state index contributed by atoms with van der Waals surface area (Å²) in [4.78, 5) is 38.9. The maximum Gasteiger partial charge on any atom is 0.254 e. The number of ketones is 1. The van der Waals surface area contributed by atoms with Crippen LogP contribution in [0.1, 0.15) is 37.4 Å². The van der Waals surface area contributed by atoms with E-state index in [1.165, 1.54) is 4.90 Å². The molecule has 2 aromatic carbocycles. The van der Waals surface area contributed by atoms with Gasteiger partial charge in [0.2, 0.25) is 5.91 Å². The van der Waals surface area contributed by atoms with Crippen molar-refractivity contribution in [1.82, 2.24) is 4.90 Å². The van der Waals surface area contributed by atoms with Gasteiger partial charge in [-0.05, 0) is 37.1 Å².